The van der Waals surface area contributed by atoms with Crippen molar-refractivity contribution < 1.29 is 37.1 Å². The highest BCUT2D eigenvalue weighted by atomic mass is 35.5. The van der Waals surface area contributed by atoms with Crippen LogP contribution in [0.25, 0.3) is 5.00 Å². The summed E-state index contributed by atoms with van der Waals surface area (Å²) in [5.41, 5.74) is 8.64. The van der Waals surface area contributed by atoms with E-state index in [9.17, 15) is 32.3 Å². The summed E-state index contributed by atoms with van der Waals surface area (Å²) in [6, 6.07) is 10.5. The average molecular weight is 806 g/mol. The molecule has 4 heterocycles. The first-order chi connectivity index (χ1) is 26.5. The summed E-state index contributed by atoms with van der Waals surface area (Å²) in [5, 5.41) is 13.2. The maximum Gasteiger partial charge on any atom is 0.491 e. The molecule has 2 amide bonds. The van der Waals surface area contributed by atoms with Crippen LogP contribution >= 0.6 is 22.9 Å². The molecule has 290 valence electrons. The average Bonchev–Trinajstić information content (AvgIpc) is 3.71. The molecule has 1 atom stereocenters. The highest BCUT2D eigenvalue weighted by Crippen LogP contribution is 2.40. The van der Waals surface area contributed by atoms with Gasteiger partial charge in [-0.2, -0.15) is 13.2 Å². The van der Waals surface area contributed by atoms with E-state index in [0.29, 0.717) is 55.4 Å². The van der Waals surface area contributed by atoms with Crippen molar-refractivity contribution in [3.8, 4) is 16.8 Å². The number of benzene rings is 2. The zero-order valence-corrected chi connectivity index (χ0v) is 32.0. The van der Waals surface area contributed by atoms with Gasteiger partial charge in [0, 0.05) is 51.3 Å². The fraction of sp³-hybridized carbons (Fsp3) is 0.359. The number of nitrogens with one attached hydrogen (secondary N) is 1. The molecular weight excluding hydrogens is 771 g/mol. The van der Waals surface area contributed by atoms with Crippen LogP contribution in [0, 0.1) is 38.5 Å². The second-order valence-corrected chi connectivity index (χ2v) is 15.7. The van der Waals surface area contributed by atoms with E-state index >= 15 is 0 Å². The van der Waals surface area contributed by atoms with Gasteiger partial charge in [-0.1, -0.05) is 35.6 Å². The van der Waals surface area contributed by atoms with Gasteiger partial charge in [-0.25, -0.2) is 9.59 Å². The summed E-state index contributed by atoms with van der Waals surface area (Å²) in [4.78, 5) is 59.2. The Bertz CT molecular complexity index is 2370. The van der Waals surface area contributed by atoms with Crippen LogP contribution in [0.3, 0.4) is 0 Å². The Kier molecular flexibility index (Phi) is 10.4. The number of nitrogens with zero attached hydrogens (tertiary/aromatic N) is 5. The third-order valence-electron chi connectivity index (χ3n) is 10.1. The number of piperidine rings is 1. The number of anilines is 1. The minimum Gasteiger partial charge on any atom is -0.383 e. The number of ether oxygens (including phenoxy) is 1. The largest absolute Gasteiger partial charge is 0.491 e. The van der Waals surface area contributed by atoms with Crippen molar-refractivity contribution in [3.63, 3.8) is 0 Å². The van der Waals surface area contributed by atoms with Gasteiger partial charge in [0.2, 0.25) is 11.8 Å². The number of halogens is 4. The molecule has 17 heteroatoms. The number of aromatic nitrogens is 3. The maximum atomic E-state index is 13.9. The van der Waals surface area contributed by atoms with Crippen LogP contribution in [0.4, 0.5) is 18.9 Å². The highest BCUT2D eigenvalue weighted by Gasteiger charge is 2.43. The lowest BCUT2D eigenvalue weighted by atomic mass is 9.95. The zero-order chi connectivity index (χ0) is 40.1. The van der Waals surface area contributed by atoms with Gasteiger partial charge >= 0.3 is 18.1 Å². The maximum absolute atomic E-state index is 13.9. The van der Waals surface area contributed by atoms with Gasteiger partial charge in [-0.15, -0.1) is 21.5 Å². The van der Waals surface area contributed by atoms with E-state index in [4.69, 9.17) is 22.3 Å². The minimum absolute atomic E-state index is 0.0241. The van der Waals surface area contributed by atoms with E-state index in [2.05, 4.69) is 45.9 Å². The molecule has 0 radical (unpaired) electrons. The van der Waals surface area contributed by atoms with Gasteiger partial charge in [0.05, 0.1) is 23.2 Å². The molecule has 1 saturated heterocycles. The number of aliphatic imine (C=N–C) groups is 1. The van der Waals surface area contributed by atoms with Gasteiger partial charge in [0.15, 0.2) is 5.82 Å². The number of carbonyl (C=O) groups excluding carboxylic acids is 4. The van der Waals surface area contributed by atoms with E-state index in [-0.39, 0.29) is 29.5 Å². The number of fused-ring (bicyclic) bond motifs is 3. The summed E-state index contributed by atoms with van der Waals surface area (Å²) >= 11 is 7.84. The monoisotopic (exact) mass is 805 g/mol. The Morgan fingerprint density at radius 2 is 1.75 bits per heavy atom. The van der Waals surface area contributed by atoms with Crippen LogP contribution in [0.2, 0.25) is 5.02 Å². The molecule has 12 nitrogen and oxygen atoms in total. The molecule has 3 N–H and O–H groups in total. The number of aryl methyl sites for hydroxylation is 2. The number of amides is 2. The van der Waals surface area contributed by atoms with Crippen LogP contribution in [-0.2, 0) is 19.1 Å². The Hall–Kier alpha value is -5.37. The van der Waals surface area contributed by atoms with Crippen molar-refractivity contribution in [1.29, 1.82) is 0 Å². The predicted molar refractivity (Wildman–Crippen MR) is 202 cm³/mol. The molecule has 2 aromatic heterocycles. The van der Waals surface area contributed by atoms with Crippen molar-refractivity contribution >= 4 is 58.1 Å². The van der Waals surface area contributed by atoms with Crippen LogP contribution in [0.5, 0.6) is 0 Å². The number of thiophene rings is 1. The fourth-order valence-electron chi connectivity index (χ4n) is 6.61. The zero-order valence-electron chi connectivity index (χ0n) is 30.4. The molecule has 7 rings (SSSR count). The van der Waals surface area contributed by atoms with E-state index in [1.54, 1.807) is 28.4 Å². The number of esters is 2. The molecule has 1 aliphatic carbocycles. The number of nitrogens with two attached hydrogens (primary N) is 1. The summed E-state index contributed by atoms with van der Waals surface area (Å²) < 4.78 is 44.3. The highest BCUT2D eigenvalue weighted by molar-refractivity contribution is 7.15. The Morgan fingerprint density at radius 3 is 2.41 bits per heavy atom. The standard InChI is InChI=1S/C39H35ClF3N7O5S/c1-20-21(2)56-35-31(20)32(23-4-6-26(40)7-5-23)46-29(33-48-47-22(3)50(33)35)19-30(51)49-16-11-24(12-17-49)34(52)45-27-8-9-28(36(53)55-37(54)39(41,42)43)25(18-27)10-13-38(44)14-15-38/h4-9,18,24,29H,11-12,14-17,19,44H2,1-3H3,(H,45,52)/t29-/m0/s1. The Balaban J connectivity index is 1.05. The van der Waals surface area contributed by atoms with Gasteiger partial charge in [0.25, 0.3) is 0 Å². The fourth-order valence-corrected chi connectivity index (χ4v) is 7.95. The van der Waals surface area contributed by atoms with Gasteiger partial charge < -0.3 is 20.7 Å². The Labute approximate surface area is 328 Å². The lowest BCUT2D eigenvalue weighted by Crippen LogP contribution is -2.41. The van der Waals surface area contributed by atoms with E-state index in [1.165, 1.54) is 12.1 Å². The SMILES string of the molecule is Cc1sc2c(c1C)C(c1ccc(Cl)cc1)=N[C@@H](CC(=O)N1CCC(C(=O)Nc3ccc(C(=O)OC(=O)C(F)(F)F)c(C#CC4(N)CC4)c3)CC1)c1nnc(C)n1-2. The number of rotatable bonds is 6. The summed E-state index contributed by atoms with van der Waals surface area (Å²) in [7, 11) is 0. The van der Waals surface area contributed by atoms with E-state index in [1.807, 2.05) is 23.6 Å². The predicted octanol–water partition coefficient (Wildman–Crippen LogP) is 6.16. The van der Waals surface area contributed by atoms with Crippen molar-refractivity contribution in [2.24, 2.45) is 16.6 Å². The molecule has 0 unspecified atom stereocenters. The number of likely N-dealkylation sites (tertiary alicyclic amines) is 1. The topological polar surface area (TPSA) is 162 Å². The first-order valence-electron chi connectivity index (χ1n) is 17.8. The normalized spacial score (nSPS) is 17.4. The summed E-state index contributed by atoms with van der Waals surface area (Å²) in [5.74, 6) is 1.55. The second kappa shape index (κ2) is 14.9. The molecule has 2 aliphatic heterocycles. The second-order valence-electron chi connectivity index (χ2n) is 14.1. The molecule has 2 fully saturated rings. The van der Waals surface area contributed by atoms with Gasteiger partial charge in [0.1, 0.15) is 16.9 Å². The molecule has 1 saturated carbocycles. The van der Waals surface area contributed by atoms with E-state index < -0.39 is 41.2 Å². The smallest absolute Gasteiger partial charge is 0.383 e. The van der Waals surface area contributed by atoms with Gasteiger partial charge in [-0.3, -0.25) is 19.1 Å². The van der Waals surface area contributed by atoms with Crippen LogP contribution in [-0.4, -0.2) is 73.9 Å². The third kappa shape index (κ3) is 7.97. The number of hydrogen-bond donors (Lipinski definition) is 2. The first-order valence-corrected chi connectivity index (χ1v) is 19.0. The summed E-state index contributed by atoms with van der Waals surface area (Å²) in [6.45, 7) is 6.59. The van der Waals surface area contributed by atoms with Crippen LogP contribution in [0.1, 0.15) is 87.3 Å². The molecule has 2 aromatic carbocycles. The molecular formula is C39H35ClF3N7O5S. The number of hydrogen-bond acceptors (Lipinski definition) is 10. The van der Waals surface area contributed by atoms with E-state index in [0.717, 1.165) is 38.3 Å². The molecule has 4 aromatic rings. The lowest BCUT2D eigenvalue weighted by Gasteiger charge is -2.32. The van der Waals surface area contributed by atoms with Crippen molar-refractivity contribution in [1.82, 2.24) is 19.7 Å². The lowest BCUT2D eigenvalue weighted by molar-refractivity contribution is -0.193. The molecule has 0 spiro atoms. The third-order valence-corrected chi connectivity index (χ3v) is 11.5. The number of carbonyl (C=O) groups is 4. The molecule has 3 aliphatic rings. The Morgan fingerprint density at radius 1 is 1.05 bits per heavy atom. The summed E-state index contributed by atoms with van der Waals surface area (Å²) in [6.07, 6.45) is -3.44. The van der Waals surface area contributed by atoms with Gasteiger partial charge in [-0.05, 0) is 82.3 Å². The van der Waals surface area contributed by atoms with Crippen molar-refractivity contribution in [2.45, 2.75) is 70.6 Å². The first kappa shape index (κ1) is 38.9. The number of alkyl halides is 3. The molecule has 0 bridgehead atoms. The quantitative estimate of drug-likeness (QED) is 0.133. The van der Waals surface area contributed by atoms with Crippen LogP contribution < -0.4 is 11.1 Å². The van der Waals surface area contributed by atoms with Crippen LogP contribution in [0.15, 0.2) is 47.5 Å². The van der Waals surface area contributed by atoms with Crippen molar-refractivity contribution in [3.05, 3.63) is 91.8 Å². The van der Waals surface area contributed by atoms with Crippen molar-refractivity contribution in [2.75, 3.05) is 18.4 Å². The molecule has 56 heavy (non-hydrogen) atoms. The minimum atomic E-state index is -5.37.